The first-order chi connectivity index (χ1) is 7.70. The lowest BCUT2D eigenvalue weighted by molar-refractivity contribution is -0.141. The molecule has 0 bridgehead atoms. The Hall–Kier alpha value is -0.870. The van der Waals surface area contributed by atoms with Gasteiger partial charge in [-0.2, -0.15) is 0 Å². The molecule has 16 heavy (non-hydrogen) atoms. The van der Waals surface area contributed by atoms with Gasteiger partial charge in [-0.25, -0.2) is 0 Å². The fourth-order valence-electron chi connectivity index (χ4n) is 1.72. The molecule has 3 nitrogen and oxygen atoms in total. The van der Waals surface area contributed by atoms with Gasteiger partial charge in [0.05, 0.1) is 26.2 Å². The summed E-state index contributed by atoms with van der Waals surface area (Å²) >= 11 is 3.39. The molecule has 0 radical (unpaired) electrons. The Labute approximate surface area is 103 Å². The van der Waals surface area contributed by atoms with Crippen LogP contribution in [0.5, 0.6) is 0 Å². The minimum Gasteiger partial charge on any atom is -0.469 e. The van der Waals surface area contributed by atoms with Gasteiger partial charge in [0.2, 0.25) is 0 Å². The zero-order valence-corrected chi connectivity index (χ0v) is 10.6. The first kappa shape index (κ1) is 11.6. The molecule has 0 amide bonds. The summed E-state index contributed by atoms with van der Waals surface area (Å²) in [6.45, 7) is 0.734. The van der Waals surface area contributed by atoms with E-state index in [4.69, 9.17) is 9.47 Å². The molecule has 1 heterocycles. The smallest absolute Gasteiger partial charge is 0.306 e. The highest BCUT2D eigenvalue weighted by molar-refractivity contribution is 9.10. The lowest BCUT2D eigenvalue weighted by Gasteiger charge is -2.13. The Morgan fingerprint density at radius 3 is 2.69 bits per heavy atom. The predicted octanol–water partition coefficient (Wildman–Crippen LogP) is 2.49. The monoisotopic (exact) mass is 284 g/mol. The summed E-state index contributed by atoms with van der Waals surface area (Å²) in [6.07, 6.45) is 0.545. The molecule has 0 N–H and O–H groups in total. The molecule has 0 spiro atoms. The van der Waals surface area contributed by atoms with Crippen molar-refractivity contribution in [1.82, 2.24) is 0 Å². The number of carbonyl (C=O) groups is 1. The number of carbonyl (C=O) groups excluding carboxylic acids is 1. The summed E-state index contributed by atoms with van der Waals surface area (Å²) in [5.41, 5.74) is 1.12. The number of rotatable bonds is 4. The van der Waals surface area contributed by atoms with Crippen molar-refractivity contribution < 1.29 is 14.3 Å². The van der Waals surface area contributed by atoms with Crippen LogP contribution in [0.4, 0.5) is 0 Å². The maximum absolute atomic E-state index is 11.3. The highest BCUT2D eigenvalue weighted by atomic mass is 79.9. The number of benzene rings is 1. The second kappa shape index (κ2) is 4.97. The Balaban J connectivity index is 2.12. The fourth-order valence-corrected chi connectivity index (χ4v) is 1.99. The number of methoxy groups -OCH3 is 1. The van der Waals surface area contributed by atoms with Crippen molar-refractivity contribution in [2.75, 3.05) is 13.7 Å². The van der Waals surface area contributed by atoms with Crippen LogP contribution in [-0.4, -0.2) is 25.8 Å². The summed E-state index contributed by atoms with van der Waals surface area (Å²) in [4.78, 5) is 11.3. The van der Waals surface area contributed by atoms with Crippen molar-refractivity contribution in [3.8, 4) is 0 Å². The molecule has 1 fully saturated rings. The van der Waals surface area contributed by atoms with E-state index in [1.807, 2.05) is 24.3 Å². The predicted molar refractivity (Wildman–Crippen MR) is 63.3 cm³/mol. The Kier molecular flexibility index (Phi) is 3.61. The standard InChI is InChI=1S/C12H13BrO3/c1-15-12(14)6-10(11-7-16-11)8-2-4-9(13)5-3-8/h2-5,10-11H,6-7H2,1H3/t10-,11+/m1/s1. The number of hydrogen-bond donors (Lipinski definition) is 0. The van der Waals surface area contributed by atoms with Crippen molar-refractivity contribution >= 4 is 21.9 Å². The van der Waals surface area contributed by atoms with E-state index in [2.05, 4.69) is 15.9 Å². The van der Waals surface area contributed by atoms with Gasteiger partial charge < -0.3 is 9.47 Å². The molecular formula is C12H13BrO3. The quantitative estimate of drug-likeness (QED) is 0.630. The van der Waals surface area contributed by atoms with E-state index in [1.54, 1.807) is 0 Å². The molecule has 2 rings (SSSR count). The molecule has 2 atom stereocenters. The van der Waals surface area contributed by atoms with Gasteiger partial charge in [-0.05, 0) is 17.7 Å². The van der Waals surface area contributed by atoms with E-state index in [9.17, 15) is 4.79 Å². The van der Waals surface area contributed by atoms with Crippen LogP contribution in [-0.2, 0) is 14.3 Å². The van der Waals surface area contributed by atoms with Gasteiger partial charge in [-0.3, -0.25) is 4.79 Å². The van der Waals surface area contributed by atoms with Gasteiger partial charge in [-0.1, -0.05) is 28.1 Å². The van der Waals surface area contributed by atoms with Crippen molar-refractivity contribution in [1.29, 1.82) is 0 Å². The number of ether oxygens (including phenoxy) is 2. The fraction of sp³-hybridized carbons (Fsp3) is 0.417. The van der Waals surface area contributed by atoms with E-state index in [1.165, 1.54) is 7.11 Å². The van der Waals surface area contributed by atoms with Crippen LogP contribution in [0.25, 0.3) is 0 Å². The second-order valence-corrected chi connectivity index (χ2v) is 4.73. The molecule has 1 aliphatic heterocycles. The van der Waals surface area contributed by atoms with E-state index in [-0.39, 0.29) is 18.0 Å². The zero-order chi connectivity index (χ0) is 11.5. The summed E-state index contributed by atoms with van der Waals surface area (Å²) < 4.78 is 11.0. The SMILES string of the molecule is COC(=O)C[C@H](c1ccc(Br)cc1)[C@@H]1CO1. The average molecular weight is 285 g/mol. The van der Waals surface area contributed by atoms with Crippen LogP contribution < -0.4 is 0 Å². The number of esters is 1. The van der Waals surface area contributed by atoms with Crippen molar-refractivity contribution in [3.05, 3.63) is 34.3 Å². The highest BCUT2D eigenvalue weighted by Gasteiger charge is 2.35. The van der Waals surface area contributed by atoms with Gasteiger partial charge in [0, 0.05) is 10.4 Å². The third kappa shape index (κ3) is 2.83. The molecule has 0 saturated carbocycles. The normalized spacial score (nSPS) is 20.2. The molecule has 1 saturated heterocycles. The van der Waals surface area contributed by atoms with Crippen LogP contribution in [0.15, 0.2) is 28.7 Å². The largest absolute Gasteiger partial charge is 0.469 e. The number of epoxide rings is 1. The zero-order valence-electron chi connectivity index (χ0n) is 8.98. The molecular weight excluding hydrogens is 272 g/mol. The van der Waals surface area contributed by atoms with E-state index >= 15 is 0 Å². The highest BCUT2D eigenvalue weighted by Crippen LogP contribution is 2.33. The van der Waals surface area contributed by atoms with Gasteiger partial charge in [-0.15, -0.1) is 0 Å². The molecule has 1 aliphatic rings. The van der Waals surface area contributed by atoms with Crippen molar-refractivity contribution in [3.63, 3.8) is 0 Å². The molecule has 0 unspecified atom stereocenters. The first-order valence-corrected chi connectivity index (χ1v) is 5.94. The van der Waals surface area contributed by atoms with Gasteiger partial charge >= 0.3 is 5.97 Å². The average Bonchev–Trinajstić information content (AvgIpc) is 3.11. The number of hydrogen-bond acceptors (Lipinski definition) is 3. The third-order valence-electron chi connectivity index (χ3n) is 2.72. The van der Waals surface area contributed by atoms with Gasteiger partial charge in [0.1, 0.15) is 0 Å². The van der Waals surface area contributed by atoms with Gasteiger partial charge in [0.15, 0.2) is 0 Å². The first-order valence-electron chi connectivity index (χ1n) is 5.14. The Bertz CT molecular complexity index is 370. The van der Waals surface area contributed by atoms with Crippen LogP contribution >= 0.6 is 15.9 Å². The topological polar surface area (TPSA) is 38.8 Å². The summed E-state index contributed by atoms with van der Waals surface area (Å²) in [5.74, 6) is -0.0797. The van der Waals surface area contributed by atoms with E-state index in [0.29, 0.717) is 6.42 Å². The van der Waals surface area contributed by atoms with E-state index < -0.39 is 0 Å². The lowest BCUT2D eigenvalue weighted by Crippen LogP contribution is -2.13. The molecule has 1 aromatic rings. The lowest BCUT2D eigenvalue weighted by atomic mass is 9.93. The maximum atomic E-state index is 11.3. The minimum absolute atomic E-state index is 0.112. The van der Waals surface area contributed by atoms with Crippen LogP contribution in [0, 0.1) is 0 Å². The Morgan fingerprint density at radius 1 is 1.56 bits per heavy atom. The van der Waals surface area contributed by atoms with Crippen molar-refractivity contribution in [2.45, 2.75) is 18.4 Å². The minimum atomic E-state index is -0.191. The van der Waals surface area contributed by atoms with Crippen LogP contribution in [0.2, 0.25) is 0 Å². The van der Waals surface area contributed by atoms with Crippen LogP contribution in [0.3, 0.4) is 0 Å². The van der Waals surface area contributed by atoms with Gasteiger partial charge in [0.25, 0.3) is 0 Å². The Morgan fingerprint density at radius 2 is 2.19 bits per heavy atom. The molecule has 4 heteroatoms. The number of halogens is 1. The summed E-state index contributed by atoms with van der Waals surface area (Å²) in [5, 5.41) is 0. The summed E-state index contributed by atoms with van der Waals surface area (Å²) in [7, 11) is 1.41. The summed E-state index contributed by atoms with van der Waals surface area (Å²) in [6, 6.07) is 7.97. The van der Waals surface area contributed by atoms with Crippen molar-refractivity contribution in [2.24, 2.45) is 0 Å². The molecule has 86 valence electrons. The van der Waals surface area contributed by atoms with E-state index in [0.717, 1.165) is 16.6 Å². The third-order valence-corrected chi connectivity index (χ3v) is 3.25. The second-order valence-electron chi connectivity index (χ2n) is 3.81. The molecule has 0 aliphatic carbocycles. The van der Waals surface area contributed by atoms with Crippen LogP contribution in [0.1, 0.15) is 17.9 Å². The maximum Gasteiger partial charge on any atom is 0.306 e. The molecule has 1 aromatic carbocycles. The molecule has 0 aromatic heterocycles.